The van der Waals surface area contributed by atoms with Crippen molar-refractivity contribution < 1.29 is 0 Å². The molecule has 3 aliphatic rings. The first kappa shape index (κ1) is 26.0. The zero-order chi connectivity index (χ0) is 28.1. The van der Waals surface area contributed by atoms with Crippen molar-refractivity contribution in [2.75, 3.05) is 0 Å². The molecule has 4 aromatic carbocycles. The van der Waals surface area contributed by atoms with Crippen LogP contribution in [-0.4, -0.2) is 0 Å². The van der Waals surface area contributed by atoms with Gasteiger partial charge in [-0.05, 0) is 56.2 Å². The maximum atomic E-state index is 2.46. The summed E-state index contributed by atoms with van der Waals surface area (Å²) < 4.78 is 0. The summed E-state index contributed by atoms with van der Waals surface area (Å²) in [6.07, 6.45) is 28.5. The summed E-state index contributed by atoms with van der Waals surface area (Å²) >= 11 is 0. The molecular formula is C42H34. The fraction of sp³-hybridized carbons (Fsp3) is 0.0952. The van der Waals surface area contributed by atoms with E-state index in [1.165, 1.54) is 49.8 Å². The van der Waals surface area contributed by atoms with E-state index < -0.39 is 0 Å². The number of rotatable bonds is 4. The second kappa shape index (κ2) is 11.9. The average molecular weight is 539 g/mol. The first-order valence-corrected chi connectivity index (χ1v) is 15.0. The van der Waals surface area contributed by atoms with Crippen LogP contribution in [0.25, 0.3) is 21.9 Å². The molecule has 0 aliphatic heterocycles. The second-order valence-electron chi connectivity index (χ2n) is 11.2. The third-order valence-electron chi connectivity index (χ3n) is 8.69. The summed E-state index contributed by atoms with van der Waals surface area (Å²) in [6.45, 7) is 0. The second-order valence-corrected chi connectivity index (χ2v) is 11.2. The number of hydrogen-bond acceptors (Lipinski definition) is 0. The summed E-state index contributed by atoms with van der Waals surface area (Å²) in [5.74, 6) is 0.746. The topological polar surface area (TPSA) is 0 Å². The highest BCUT2D eigenvalue weighted by atomic mass is 14.3. The van der Waals surface area contributed by atoms with Crippen LogP contribution in [0.4, 0.5) is 0 Å². The smallest absolute Gasteiger partial charge is 0.0131 e. The molecule has 0 heteroatoms. The lowest BCUT2D eigenvalue weighted by Crippen LogP contribution is -2.20. The molecule has 0 aromatic heterocycles. The molecule has 0 N–H and O–H groups in total. The molecule has 0 saturated carbocycles. The number of benzene rings is 4. The molecule has 0 radical (unpaired) electrons. The van der Waals surface area contributed by atoms with Crippen LogP contribution >= 0.6 is 0 Å². The standard InChI is InChI=1S/C42H34/c1-2-10-24-41(40-27-15-21-33-20-11-12-23-37(33)40)42-26-14-13-25-39(42)38(22-9-1)36-29-34(31-16-5-3-6-17-31)28-35(30-36)32-18-7-4-8-19-32/h1-29,35,39,42H,30H2. The number of allylic oxidation sites excluding steroid dienone is 16. The van der Waals surface area contributed by atoms with Crippen molar-refractivity contribution in [3.05, 3.63) is 204 Å². The fourth-order valence-corrected chi connectivity index (χ4v) is 6.67. The van der Waals surface area contributed by atoms with Crippen LogP contribution in [-0.2, 0) is 0 Å². The lowest BCUT2D eigenvalue weighted by atomic mass is 9.70. The van der Waals surface area contributed by atoms with E-state index in [1.54, 1.807) is 0 Å². The van der Waals surface area contributed by atoms with Gasteiger partial charge in [0.25, 0.3) is 0 Å². The molecule has 3 aliphatic carbocycles. The van der Waals surface area contributed by atoms with E-state index in [9.17, 15) is 0 Å². The molecule has 0 amide bonds. The largest absolute Gasteiger partial charge is 0.0761 e. The van der Waals surface area contributed by atoms with Crippen molar-refractivity contribution in [3.63, 3.8) is 0 Å². The molecule has 0 bridgehead atoms. The Morgan fingerprint density at radius 2 is 1.17 bits per heavy atom. The van der Waals surface area contributed by atoms with Gasteiger partial charge in [0, 0.05) is 17.8 Å². The first-order chi connectivity index (χ1) is 20.8. The third-order valence-corrected chi connectivity index (χ3v) is 8.69. The van der Waals surface area contributed by atoms with Crippen LogP contribution in [0.3, 0.4) is 0 Å². The van der Waals surface area contributed by atoms with Crippen molar-refractivity contribution in [2.45, 2.75) is 12.3 Å². The molecule has 0 saturated heterocycles. The van der Waals surface area contributed by atoms with Crippen molar-refractivity contribution in [1.82, 2.24) is 0 Å². The Morgan fingerprint density at radius 3 is 1.95 bits per heavy atom. The van der Waals surface area contributed by atoms with E-state index in [0.717, 1.165) is 6.42 Å². The fourth-order valence-electron chi connectivity index (χ4n) is 6.67. The van der Waals surface area contributed by atoms with Crippen LogP contribution < -0.4 is 0 Å². The maximum absolute atomic E-state index is 2.46. The molecule has 3 atom stereocenters. The van der Waals surface area contributed by atoms with Crippen molar-refractivity contribution in [3.8, 4) is 0 Å². The van der Waals surface area contributed by atoms with E-state index in [0.29, 0.717) is 5.92 Å². The van der Waals surface area contributed by atoms with Crippen molar-refractivity contribution >= 4 is 21.9 Å². The Balaban J connectivity index is 1.36. The van der Waals surface area contributed by atoms with Gasteiger partial charge in [-0.3, -0.25) is 0 Å². The van der Waals surface area contributed by atoms with Gasteiger partial charge in [0.2, 0.25) is 0 Å². The highest BCUT2D eigenvalue weighted by Crippen LogP contribution is 2.45. The van der Waals surface area contributed by atoms with Gasteiger partial charge in [0.15, 0.2) is 0 Å². The van der Waals surface area contributed by atoms with Gasteiger partial charge >= 0.3 is 0 Å². The molecule has 0 heterocycles. The van der Waals surface area contributed by atoms with Crippen LogP contribution in [0.2, 0.25) is 0 Å². The Labute approximate surface area is 249 Å². The van der Waals surface area contributed by atoms with Crippen LogP contribution in [0.1, 0.15) is 29.0 Å². The van der Waals surface area contributed by atoms with E-state index in [4.69, 9.17) is 0 Å². The zero-order valence-electron chi connectivity index (χ0n) is 23.7. The SMILES string of the molecule is C1=CC=C(C2=CC(c3ccccc3)=CC(c3ccccc3)C2)C2C=CC=CC2C(c2cccc3ccccc23)=CC=C1. The Kier molecular flexibility index (Phi) is 7.36. The zero-order valence-corrected chi connectivity index (χ0v) is 23.7. The van der Waals surface area contributed by atoms with Crippen LogP contribution in [0.15, 0.2) is 187 Å². The highest BCUT2D eigenvalue weighted by Gasteiger charge is 2.30. The van der Waals surface area contributed by atoms with Gasteiger partial charge in [0.1, 0.15) is 0 Å². The molecule has 4 aromatic rings. The average Bonchev–Trinajstić information content (AvgIpc) is 3.07. The normalized spacial score (nSPS) is 21.7. The van der Waals surface area contributed by atoms with E-state index in [-0.39, 0.29) is 11.8 Å². The monoisotopic (exact) mass is 538 g/mol. The van der Waals surface area contributed by atoms with Gasteiger partial charge in [0.05, 0.1) is 0 Å². The molecule has 3 unspecified atom stereocenters. The molecule has 0 nitrogen and oxygen atoms in total. The predicted molar refractivity (Wildman–Crippen MR) is 180 cm³/mol. The summed E-state index contributed by atoms with van der Waals surface area (Å²) in [4.78, 5) is 0. The van der Waals surface area contributed by atoms with Crippen molar-refractivity contribution in [1.29, 1.82) is 0 Å². The van der Waals surface area contributed by atoms with Gasteiger partial charge in [-0.2, -0.15) is 0 Å². The van der Waals surface area contributed by atoms with E-state index in [2.05, 4.69) is 176 Å². The minimum Gasteiger partial charge on any atom is -0.0761 e. The summed E-state index contributed by atoms with van der Waals surface area (Å²) in [5, 5.41) is 2.58. The van der Waals surface area contributed by atoms with E-state index >= 15 is 0 Å². The molecule has 7 rings (SSSR count). The molecule has 42 heavy (non-hydrogen) atoms. The predicted octanol–water partition coefficient (Wildman–Crippen LogP) is 10.8. The highest BCUT2D eigenvalue weighted by molar-refractivity contribution is 5.95. The maximum Gasteiger partial charge on any atom is 0.0131 e. The lowest BCUT2D eigenvalue weighted by Gasteiger charge is -2.33. The quantitative estimate of drug-likeness (QED) is 0.242. The molecule has 0 spiro atoms. The summed E-state index contributed by atoms with van der Waals surface area (Å²) in [5.41, 5.74) is 9.38. The summed E-state index contributed by atoms with van der Waals surface area (Å²) in [6, 6.07) is 37.2. The third kappa shape index (κ3) is 5.24. The lowest BCUT2D eigenvalue weighted by molar-refractivity contribution is 0.640. The van der Waals surface area contributed by atoms with Crippen molar-refractivity contribution in [2.24, 2.45) is 11.8 Å². The molecule has 0 fully saturated rings. The van der Waals surface area contributed by atoms with E-state index in [1.807, 2.05) is 0 Å². The molecular weight excluding hydrogens is 504 g/mol. The van der Waals surface area contributed by atoms with Gasteiger partial charge in [-0.25, -0.2) is 0 Å². The van der Waals surface area contributed by atoms with Gasteiger partial charge in [-0.15, -0.1) is 0 Å². The number of fused-ring (bicyclic) bond motifs is 2. The minimum atomic E-state index is 0.213. The summed E-state index contributed by atoms with van der Waals surface area (Å²) in [7, 11) is 0. The van der Waals surface area contributed by atoms with Gasteiger partial charge < -0.3 is 0 Å². The number of hydrogen-bond donors (Lipinski definition) is 0. The first-order valence-electron chi connectivity index (χ1n) is 15.0. The Hall–Kier alpha value is -4.94. The molecule has 202 valence electrons. The minimum absolute atomic E-state index is 0.213. The van der Waals surface area contributed by atoms with Crippen LogP contribution in [0.5, 0.6) is 0 Å². The van der Waals surface area contributed by atoms with Crippen LogP contribution in [0, 0.1) is 11.8 Å². The van der Waals surface area contributed by atoms with Gasteiger partial charge in [-0.1, -0.05) is 176 Å². The Morgan fingerprint density at radius 1 is 0.524 bits per heavy atom. The Bertz CT molecular complexity index is 1830.